The lowest BCUT2D eigenvalue weighted by molar-refractivity contribution is 0.193. The van der Waals surface area contributed by atoms with Gasteiger partial charge in [0.05, 0.1) is 0 Å². The van der Waals surface area contributed by atoms with Crippen LogP contribution in [-0.4, -0.2) is 39.0 Å². The Kier molecular flexibility index (Phi) is 2.63. The van der Waals surface area contributed by atoms with E-state index in [9.17, 15) is 0 Å². The molecule has 0 aromatic carbocycles. The second-order valence-corrected chi connectivity index (χ2v) is 5.38. The Balaban J connectivity index is 1.76. The van der Waals surface area contributed by atoms with Crippen LogP contribution in [0.25, 0.3) is 0 Å². The van der Waals surface area contributed by atoms with Crippen molar-refractivity contribution < 1.29 is 0 Å². The quantitative estimate of drug-likeness (QED) is 0.715. The van der Waals surface area contributed by atoms with Crippen molar-refractivity contribution in [1.29, 1.82) is 0 Å². The van der Waals surface area contributed by atoms with E-state index in [-0.39, 0.29) is 0 Å². The van der Waals surface area contributed by atoms with E-state index in [4.69, 9.17) is 0 Å². The summed E-state index contributed by atoms with van der Waals surface area (Å²) in [5.74, 6) is 2.64. The highest BCUT2D eigenvalue weighted by molar-refractivity contribution is 7.99. The third-order valence-corrected chi connectivity index (χ3v) is 4.46. The number of hydrogen-bond donors (Lipinski definition) is 0. The third kappa shape index (κ3) is 1.88. The zero-order valence-corrected chi connectivity index (χ0v) is 9.54. The largest absolute Gasteiger partial charge is 0.295 e. The van der Waals surface area contributed by atoms with Crippen molar-refractivity contribution in [2.45, 2.75) is 25.4 Å². The van der Waals surface area contributed by atoms with Crippen LogP contribution in [0.1, 0.15) is 17.7 Å². The molecule has 0 amide bonds. The zero-order valence-electron chi connectivity index (χ0n) is 8.72. The number of nitrogens with zero attached hydrogens (tertiary/aromatic N) is 3. The standard InChI is InChI=1S/C11H15N3S/c1-3-14(10-2-4-15-7-10)6-9-5-12-8-13-11(1)9/h5,8,10H,1-4,6-7H2. The van der Waals surface area contributed by atoms with Crippen LogP contribution in [0.3, 0.4) is 0 Å². The van der Waals surface area contributed by atoms with E-state index >= 15 is 0 Å². The maximum atomic E-state index is 4.34. The van der Waals surface area contributed by atoms with Gasteiger partial charge in [-0.3, -0.25) is 4.90 Å². The molecule has 1 atom stereocenters. The highest BCUT2D eigenvalue weighted by Crippen LogP contribution is 2.26. The van der Waals surface area contributed by atoms with Gasteiger partial charge in [-0.2, -0.15) is 11.8 Å². The number of rotatable bonds is 1. The molecule has 15 heavy (non-hydrogen) atoms. The summed E-state index contributed by atoms with van der Waals surface area (Å²) >= 11 is 2.08. The van der Waals surface area contributed by atoms with Gasteiger partial charge in [-0.25, -0.2) is 9.97 Å². The Bertz CT molecular complexity index is 349. The normalized spacial score (nSPS) is 26.5. The Morgan fingerprint density at radius 1 is 1.47 bits per heavy atom. The summed E-state index contributed by atoms with van der Waals surface area (Å²) in [6, 6.07) is 0.795. The number of fused-ring (bicyclic) bond motifs is 1. The Morgan fingerprint density at radius 2 is 2.47 bits per heavy atom. The van der Waals surface area contributed by atoms with Gasteiger partial charge < -0.3 is 0 Å². The van der Waals surface area contributed by atoms with E-state index < -0.39 is 0 Å². The summed E-state index contributed by atoms with van der Waals surface area (Å²) in [6.45, 7) is 2.23. The van der Waals surface area contributed by atoms with Crippen LogP contribution in [0, 0.1) is 0 Å². The van der Waals surface area contributed by atoms with E-state index in [1.807, 2.05) is 6.20 Å². The van der Waals surface area contributed by atoms with E-state index in [1.165, 1.54) is 35.7 Å². The van der Waals surface area contributed by atoms with Gasteiger partial charge in [0, 0.05) is 48.8 Å². The smallest absolute Gasteiger partial charge is 0.115 e. The van der Waals surface area contributed by atoms with Crippen molar-refractivity contribution in [1.82, 2.24) is 14.9 Å². The zero-order chi connectivity index (χ0) is 10.1. The molecule has 3 rings (SSSR count). The molecule has 1 saturated heterocycles. The predicted molar refractivity (Wildman–Crippen MR) is 61.9 cm³/mol. The van der Waals surface area contributed by atoms with Gasteiger partial charge in [0.1, 0.15) is 6.33 Å². The lowest BCUT2D eigenvalue weighted by Crippen LogP contribution is -2.39. The van der Waals surface area contributed by atoms with Crippen molar-refractivity contribution >= 4 is 11.8 Å². The highest BCUT2D eigenvalue weighted by Gasteiger charge is 2.26. The molecule has 2 aliphatic heterocycles. The van der Waals surface area contributed by atoms with Crippen LogP contribution < -0.4 is 0 Å². The van der Waals surface area contributed by atoms with Crippen LogP contribution in [-0.2, 0) is 13.0 Å². The summed E-state index contributed by atoms with van der Waals surface area (Å²) < 4.78 is 0. The first-order valence-electron chi connectivity index (χ1n) is 5.53. The molecule has 0 aliphatic carbocycles. The fourth-order valence-electron chi connectivity index (χ4n) is 2.41. The van der Waals surface area contributed by atoms with Gasteiger partial charge in [0.15, 0.2) is 0 Å². The number of aromatic nitrogens is 2. The van der Waals surface area contributed by atoms with Crippen molar-refractivity contribution in [3.8, 4) is 0 Å². The van der Waals surface area contributed by atoms with Crippen LogP contribution in [0.15, 0.2) is 12.5 Å². The molecule has 0 bridgehead atoms. The van der Waals surface area contributed by atoms with Crippen LogP contribution in [0.2, 0.25) is 0 Å². The molecular formula is C11H15N3S. The van der Waals surface area contributed by atoms with Crippen LogP contribution in [0.5, 0.6) is 0 Å². The molecule has 1 aromatic rings. The van der Waals surface area contributed by atoms with Gasteiger partial charge in [-0.05, 0) is 12.2 Å². The van der Waals surface area contributed by atoms with Gasteiger partial charge in [-0.15, -0.1) is 0 Å². The average molecular weight is 221 g/mol. The van der Waals surface area contributed by atoms with E-state index in [1.54, 1.807) is 6.33 Å². The fraction of sp³-hybridized carbons (Fsp3) is 0.636. The molecule has 0 N–H and O–H groups in total. The molecule has 3 nitrogen and oxygen atoms in total. The fourth-order valence-corrected chi connectivity index (χ4v) is 3.67. The number of hydrogen-bond acceptors (Lipinski definition) is 4. The Morgan fingerprint density at radius 3 is 3.33 bits per heavy atom. The number of thioether (sulfide) groups is 1. The molecule has 0 radical (unpaired) electrons. The van der Waals surface area contributed by atoms with Crippen LogP contribution in [0.4, 0.5) is 0 Å². The monoisotopic (exact) mass is 221 g/mol. The first-order valence-corrected chi connectivity index (χ1v) is 6.68. The van der Waals surface area contributed by atoms with Crippen molar-refractivity contribution in [3.63, 3.8) is 0 Å². The van der Waals surface area contributed by atoms with E-state index in [0.29, 0.717) is 0 Å². The maximum Gasteiger partial charge on any atom is 0.115 e. The first kappa shape index (κ1) is 9.60. The van der Waals surface area contributed by atoms with E-state index in [2.05, 4.69) is 26.6 Å². The Labute approximate surface area is 94.3 Å². The Hall–Kier alpha value is -0.610. The SMILES string of the molecule is c1ncc2c(n1)CCN(C1CCSC1)C2. The minimum Gasteiger partial charge on any atom is -0.295 e. The topological polar surface area (TPSA) is 29.0 Å². The molecule has 0 saturated carbocycles. The first-order chi connectivity index (χ1) is 7.43. The third-order valence-electron chi connectivity index (χ3n) is 3.31. The highest BCUT2D eigenvalue weighted by atomic mass is 32.2. The minimum atomic E-state index is 0.795. The van der Waals surface area contributed by atoms with Gasteiger partial charge >= 0.3 is 0 Å². The van der Waals surface area contributed by atoms with Gasteiger partial charge in [0.25, 0.3) is 0 Å². The molecule has 0 spiro atoms. The molecule has 80 valence electrons. The molecule has 1 aromatic heterocycles. The van der Waals surface area contributed by atoms with Crippen molar-refractivity contribution in [3.05, 3.63) is 23.8 Å². The summed E-state index contributed by atoms with van der Waals surface area (Å²) in [4.78, 5) is 11.1. The summed E-state index contributed by atoms with van der Waals surface area (Å²) in [6.07, 6.45) is 6.10. The summed E-state index contributed by atoms with van der Waals surface area (Å²) in [5.41, 5.74) is 2.59. The lowest BCUT2D eigenvalue weighted by atomic mass is 10.1. The molecular weight excluding hydrogens is 206 g/mol. The predicted octanol–water partition coefficient (Wildman–Crippen LogP) is 1.34. The second-order valence-electron chi connectivity index (χ2n) is 4.23. The molecule has 1 unspecified atom stereocenters. The molecule has 2 aliphatic rings. The van der Waals surface area contributed by atoms with Crippen LogP contribution >= 0.6 is 11.8 Å². The molecule has 4 heteroatoms. The summed E-state index contributed by atoms with van der Waals surface area (Å²) in [5, 5.41) is 0. The minimum absolute atomic E-state index is 0.795. The molecule has 3 heterocycles. The van der Waals surface area contributed by atoms with Gasteiger partial charge in [0.2, 0.25) is 0 Å². The maximum absolute atomic E-state index is 4.34. The van der Waals surface area contributed by atoms with E-state index in [0.717, 1.165) is 19.0 Å². The van der Waals surface area contributed by atoms with Crippen molar-refractivity contribution in [2.24, 2.45) is 0 Å². The second kappa shape index (κ2) is 4.10. The lowest BCUT2D eigenvalue weighted by Gasteiger charge is -2.32. The van der Waals surface area contributed by atoms with Crippen molar-refractivity contribution in [2.75, 3.05) is 18.1 Å². The average Bonchev–Trinajstić information content (AvgIpc) is 2.82. The summed E-state index contributed by atoms with van der Waals surface area (Å²) in [7, 11) is 0. The van der Waals surface area contributed by atoms with Gasteiger partial charge in [-0.1, -0.05) is 0 Å². The molecule has 1 fully saturated rings.